The summed E-state index contributed by atoms with van der Waals surface area (Å²) in [5.41, 5.74) is 11.4. The van der Waals surface area contributed by atoms with Crippen molar-refractivity contribution in [3.05, 3.63) is 45.7 Å². The van der Waals surface area contributed by atoms with E-state index in [0.717, 1.165) is 23.0 Å². The summed E-state index contributed by atoms with van der Waals surface area (Å²) in [6.07, 6.45) is 3.98. The molecular weight excluding hydrogens is 314 g/mol. The van der Waals surface area contributed by atoms with Crippen molar-refractivity contribution in [2.45, 2.75) is 39.7 Å². The SMILES string of the molecule is Cc1cc(Br)ccc1-n1ncc2c1CC(C)(C)CC2N. The van der Waals surface area contributed by atoms with Gasteiger partial charge in [0.05, 0.1) is 11.9 Å². The molecule has 0 spiro atoms. The second-order valence-electron chi connectivity index (χ2n) is 6.54. The number of hydrogen-bond acceptors (Lipinski definition) is 2. The van der Waals surface area contributed by atoms with Gasteiger partial charge in [-0.1, -0.05) is 29.8 Å². The first kappa shape index (κ1) is 13.8. The molecule has 0 bridgehead atoms. The van der Waals surface area contributed by atoms with Crippen LogP contribution in [-0.4, -0.2) is 9.78 Å². The molecule has 1 unspecified atom stereocenters. The van der Waals surface area contributed by atoms with Crippen LogP contribution in [0.2, 0.25) is 0 Å². The van der Waals surface area contributed by atoms with Crippen molar-refractivity contribution in [2.24, 2.45) is 11.1 Å². The van der Waals surface area contributed by atoms with Gasteiger partial charge < -0.3 is 5.73 Å². The molecule has 20 heavy (non-hydrogen) atoms. The lowest BCUT2D eigenvalue weighted by molar-refractivity contribution is 0.278. The average molecular weight is 334 g/mol. The van der Waals surface area contributed by atoms with Crippen LogP contribution in [0.15, 0.2) is 28.9 Å². The van der Waals surface area contributed by atoms with E-state index in [2.05, 4.69) is 64.7 Å². The molecule has 1 aliphatic carbocycles. The van der Waals surface area contributed by atoms with Crippen LogP contribution in [-0.2, 0) is 6.42 Å². The molecule has 4 heteroatoms. The van der Waals surface area contributed by atoms with Gasteiger partial charge >= 0.3 is 0 Å². The summed E-state index contributed by atoms with van der Waals surface area (Å²) in [5, 5.41) is 4.60. The van der Waals surface area contributed by atoms with E-state index in [0.29, 0.717) is 0 Å². The van der Waals surface area contributed by atoms with Gasteiger partial charge in [-0.25, -0.2) is 4.68 Å². The molecule has 1 aromatic carbocycles. The van der Waals surface area contributed by atoms with Crippen LogP contribution in [0, 0.1) is 12.3 Å². The number of benzene rings is 1. The maximum Gasteiger partial charge on any atom is 0.0678 e. The number of aromatic nitrogens is 2. The van der Waals surface area contributed by atoms with Crippen molar-refractivity contribution in [3.63, 3.8) is 0 Å². The Labute approximate surface area is 128 Å². The number of nitrogens with zero attached hydrogens (tertiary/aromatic N) is 2. The summed E-state index contributed by atoms with van der Waals surface area (Å²) in [5.74, 6) is 0. The molecule has 0 fully saturated rings. The number of rotatable bonds is 1. The second kappa shape index (κ2) is 4.71. The zero-order valence-electron chi connectivity index (χ0n) is 12.2. The highest BCUT2D eigenvalue weighted by atomic mass is 79.9. The molecule has 1 aromatic heterocycles. The number of hydrogen-bond donors (Lipinski definition) is 1. The van der Waals surface area contributed by atoms with E-state index in [1.165, 1.54) is 16.8 Å². The summed E-state index contributed by atoms with van der Waals surface area (Å²) >= 11 is 3.51. The molecule has 106 valence electrons. The first-order valence-corrected chi connectivity index (χ1v) is 7.76. The molecule has 2 aromatic rings. The fraction of sp³-hybridized carbons (Fsp3) is 0.438. The summed E-state index contributed by atoms with van der Waals surface area (Å²) in [7, 11) is 0. The van der Waals surface area contributed by atoms with E-state index in [1.54, 1.807) is 0 Å². The van der Waals surface area contributed by atoms with Gasteiger partial charge in [-0.3, -0.25) is 0 Å². The summed E-state index contributed by atoms with van der Waals surface area (Å²) < 4.78 is 3.16. The van der Waals surface area contributed by atoms with Gasteiger partial charge in [0.25, 0.3) is 0 Å². The van der Waals surface area contributed by atoms with Crippen LogP contribution < -0.4 is 5.73 Å². The second-order valence-corrected chi connectivity index (χ2v) is 7.46. The third kappa shape index (κ3) is 2.31. The lowest BCUT2D eigenvalue weighted by Gasteiger charge is -2.33. The predicted octanol–water partition coefficient (Wildman–Crippen LogP) is 3.92. The van der Waals surface area contributed by atoms with Crippen LogP contribution in [0.1, 0.15) is 43.1 Å². The van der Waals surface area contributed by atoms with E-state index in [9.17, 15) is 0 Å². The maximum atomic E-state index is 6.31. The third-order valence-corrected chi connectivity index (χ3v) is 4.60. The van der Waals surface area contributed by atoms with Crippen LogP contribution >= 0.6 is 15.9 Å². The molecule has 1 atom stereocenters. The van der Waals surface area contributed by atoms with Crippen LogP contribution in [0.4, 0.5) is 0 Å². The Bertz CT molecular complexity index is 658. The Balaban J connectivity index is 2.13. The maximum absolute atomic E-state index is 6.31. The molecule has 0 saturated heterocycles. The zero-order chi connectivity index (χ0) is 14.5. The summed E-state index contributed by atoms with van der Waals surface area (Å²) in [4.78, 5) is 0. The minimum Gasteiger partial charge on any atom is -0.324 e. The first-order chi connectivity index (χ1) is 9.37. The lowest BCUT2D eigenvalue weighted by atomic mass is 9.74. The zero-order valence-corrected chi connectivity index (χ0v) is 13.7. The number of fused-ring (bicyclic) bond motifs is 1. The van der Waals surface area contributed by atoms with Crippen molar-refractivity contribution >= 4 is 15.9 Å². The molecule has 0 saturated carbocycles. The van der Waals surface area contributed by atoms with E-state index < -0.39 is 0 Å². The Morgan fingerprint density at radius 2 is 2.15 bits per heavy atom. The molecule has 1 heterocycles. The molecular formula is C16H20BrN3. The van der Waals surface area contributed by atoms with Crippen molar-refractivity contribution in [3.8, 4) is 5.69 Å². The van der Waals surface area contributed by atoms with E-state index in [4.69, 9.17) is 5.73 Å². The highest BCUT2D eigenvalue weighted by Gasteiger charge is 2.33. The largest absolute Gasteiger partial charge is 0.324 e. The molecule has 1 aliphatic rings. The highest BCUT2D eigenvalue weighted by Crippen LogP contribution is 2.40. The van der Waals surface area contributed by atoms with Crippen molar-refractivity contribution in [1.29, 1.82) is 0 Å². The van der Waals surface area contributed by atoms with Gasteiger partial charge in [-0.2, -0.15) is 5.10 Å². The average Bonchev–Trinajstić information content (AvgIpc) is 2.71. The highest BCUT2D eigenvalue weighted by molar-refractivity contribution is 9.10. The standard InChI is InChI=1S/C16H20BrN3/c1-10-6-11(17)4-5-14(10)20-15-8-16(2,3)7-13(18)12(15)9-19-20/h4-6,9,13H,7-8,18H2,1-3H3. The van der Waals surface area contributed by atoms with Gasteiger partial charge in [0.15, 0.2) is 0 Å². The van der Waals surface area contributed by atoms with Gasteiger partial charge in [-0.05, 0) is 48.9 Å². The van der Waals surface area contributed by atoms with Gasteiger partial charge in [0.1, 0.15) is 0 Å². The molecule has 3 rings (SSSR count). The summed E-state index contributed by atoms with van der Waals surface area (Å²) in [6, 6.07) is 6.39. The molecule has 3 nitrogen and oxygen atoms in total. The van der Waals surface area contributed by atoms with E-state index >= 15 is 0 Å². The van der Waals surface area contributed by atoms with Gasteiger partial charge in [0.2, 0.25) is 0 Å². The monoisotopic (exact) mass is 333 g/mol. The lowest BCUT2D eigenvalue weighted by Crippen LogP contribution is -2.30. The topological polar surface area (TPSA) is 43.8 Å². The molecule has 0 amide bonds. The minimum absolute atomic E-state index is 0.0956. The van der Waals surface area contributed by atoms with Crippen LogP contribution in [0.5, 0.6) is 0 Å². The smallest absolute Gasteiger partial charge is 0.0678 e. The number of aryl methyl sites for hydroxylation is 1. The molecule has 0 aliphatic heterocycles. The summed E-state index contributed by atoms with van der Waals surface area (Å²) in [6.45, 7) is 6.67. The number of nitrogens with two attached hydrogens (primary N) is 1. The van der Waals surface area contributed by atoms with Crippen molar-refractivity contribution in [1.82, 2.24) is 9.78 Å². The Hall–Kier alpha value is -1.13. The Morgan fingerprint density at radius 3 is 2.85 bits per heavy atom. The van der Waals surface area contributed by atoms with Crippen molar-refractivity contribution in [2.75, 3.05) is 0 Å². The Morgan fingerprint density at radius 1 is 1.40 bits per heavy atom. The predicted molar refractivity (Wildman–Crippen MR) is 85.0 cm³/mol. The van der Waals surface area contributed by atoms with E-state index in [1.807, 2.05) is 6.20 Å². The first-order valence-electron chi connectivity index (χ1n) is 6.96. The Kier molecular flexibility index (Phi) is 3.26. The molecule has 2 N–H and O–H groups in total. The molecule has 0 radical (unpaired) electrons. The third-order valence-electron chi connectivity index (χ3n) is 4.11. The quantitative estimate of drug-likeness (QED) is 0.859. The van der Waals surface area contributed by atoms with Crippen molar-refractivity contribution < 1.29 is 0 Å². The van der Waals surface area contributed by atoms with Gasteiger partial charge in [0, 0.05) is 21.8 Å². The normalized spacial score (nSPS) is 20.8. The fourth-order valence-corrected chi connectivity index (χ4v) is 3.64. The van der Waals surface area contributed by atoms with Gasteiger partial charge in [-0.15, -0.1) is 0 Å². The fourth-order valence-electron chi connectivity index (χ4n) is 3.17. The number of halogens is 1. The van der Waals surface area contributed by atoms with Crippen LogP contribution in [0.3, 0.4) is 0 Å². The van der Waals surface area contributed by atoms with Crippen LogP contribution in [0.25, 0.3) is 5.69 Å². The van der Waals surface area contributed by atoms with E-state index in [-0.39, 0.29) is 11.5 Å². The minimum atomic E-state index is 0.0956.